The van der Waals surface area contributed by atoms with Gasteiger partial charge in [-0.3, -0.25) is 0 Å². The number of nitrogens with two attached hydrogens (primary N) is 1. The second kappa shape index (κ2) is 6.06. The van der Waals surface area contributed by atoms with Crippen LogP contribution in [0.15, 0.2) is 30.6 Å². The van der Waals surface area contributed by atoms with E-state index in [4.69, 9.17) is 5.73 Å². The number of anilines is 1. The van der Waals surface area contributed by atoms with Gasteiger partial charge in [0.2, 0.25) is 0 Å². The zero-order valence-corrected chi connectivity index (χ0v) is 9.29. The van der Waals surface area contributed by atoms with Gasteiger partial charge < -0.3 is 11.1 Å². The van der Waals surface area contributed by atoms with Crippen LogP contribution in [-0.4, -0.2) is 11.5 Å². The van der Waals surface area contributed by atoms with Gasteiger partial charge in [-0.1, -0.05) is 6.58 Å². The number of hydrogen-bond acceptors (Lipinski definition) is 3. The summed E-state index contributed by atoms with van der Waals surface area (Å²) < 4.78 is 0. The highest BCUT2D eigenvalue weighted by molar-refractivity contribution is 5.36. The van der Waals surface area contributed by atoms with Gasteiger partial charge in [-0.05, 0) is 43.9 Å². The normalized spacial score (nSPS) is 9.93. The molecule has 1 aromatic heterocycles. The number of hydrogen-bond donors (Lipinski definition) is 2. The maximum absolute atomic E-state index is 5.48. The van der Waals surface area contributed by atoms with E-state index < -0.39 is 0 Å². The number of unbranched alkanes of at least 4 members (excludes halogenated alkanes) is 1. The molecule has 0 amide bonds. The quantitative estimate of drug-likeness (QED) is 0.701. The highest BCUT2D eigenvalue weighted by Gasteiger charge is 1.93. The molecule has 3 heteroatoms. The van der Waals surface area contributed by atoms with Crippen molar-refractivity contribution < 1.29 is 0 Å². The molecule has 0 aliphatic carbocycles. The summed E-state index contributed by atoms with van der Waals surface area (Å²) in [6.07, 6.45) is 4.89. The van der Waals surface area contributed by atoms with E-state index in [1.165, 1.54) is 5.56 Å². The van der Waals surface area contributed by atoms with Crippen molar-refractivity contribution in [3.63, 3.8) is 0 Å². The van der Waals surface area contributed by atoms with Crippen LogP contribution in [0.3, 0.4) is 0 Å². The minimum atomic E-state index is 0.767. The largest absolute Gasteiger partial charge is 0.403 e. The maximum Gasteiger partial charge on any atom is 0.126 e. The van der Waals surface area contributed by atoms with Gasteiger partial charge in [0.05, 0.1) is 0 Å². The van der Waals surface area contributed by atoms with Crippen LogP contribution >= 0.6 is 0 Å². The zero-order chi connectivity index (χ0) is 11.1. The van der Waals surface area contributed by atoms with Crippen LogP contribution in [-0.2, 0) is 0 Å². The average molecular weight is 205 g/mol. The third kappa shape index (κ3) is 5.05. The molecule has 1 heterocycles. The third-order valence-electron chi connectivity index (χ3n) is 2.15. The zero-order valence-electron chi connectivity index (χ0n) is 9.29. The minimum absolute atomic E-state index is 0.767. The SMILES string of the molecule is C=C(N)CCCCNc1cc(C)ccn1. The van der Waals surface area contributed by atoms with E-state index >= 15 is 0 Å². The molecule has 0 saturated heterocycles. The maximum atomic E-state index is 5.48. The van der Waals surface area contributed by atoms with Gasteiger partial charge in [-0.25, -0.2) is 4.98 Å². The van der Waals surface area contributed by atoms with Gasteiger partial charge in [0.25, 0.3) is 0 Å². The van der Waals surface area contributed by atoms with Crippen LogP contribution in [0, 0.1) is 6.92 Å². The fourth-order valence-corrected chi connectivity index (χ4v) is 1.33. The Morgan fingerprint density at radius 3 is 3.00 bits per heavy atom. The summed E-state index contributed by atoms with van der Waals surface area (Å²) in [5, 5.41) is 3.28. The number of aryl methyl sites for hydroxylation is 1. The number of rotatable bonds is 6. The summed E-state index contributed by atoms with van der Waals surface area (Å²) >= 11 is 0. The van der Waals surface area contributed by atoms with Crippen molar-refractivity contribution in [3.05, 3.63) is 36.2 Å². The molecule has 82 valence electrons. The van der Waals surface area contributed by atoms with Gasteiger partial charge >= 0.3 is 0 Å². The molecule has 0 atom stereocenters. The van der Waals surface area contributed by atoms with Crippen molar-refractivity contribution in [1.29, 1.82) is 0 Å². The topological polar surface area (TPSA) is 50.9 Å². The first-order valence-corrected chi connectivity index (χ1v) is 5.28. The first-order valence-electron chi connectivity index (χ1n) is 5.28. The lowest BCUT2D eigenvalue weighted by atomic mass is 10.2. The molecule has 15 heavy (non-hydrogen) atoms. The molecule has 0 bridgehead atoms. The van der Waals surface area contributed by atoms with E-state index in [1.807, 2.05) is 18.3 Å². The molecule has 0 unspecified atom stereocenters. The van der Waals surface area contributed by atoms with E-state index in [0.29, 0.717) is 0 Å². The molecule has 0 saturated carbocycles. The van der Waals surface area contributed by atoms with Crippen LogP contribution in [0.5, 0.6) is 0 Å². The van der Waals surface area contributed by atoms with Crippen LogP contribution in [0.4, 0.5) is 5.82 Å². The predicted octanol–water partition coefficient (Wildman–Crippen LogP) is 2.44. The van der Waals surface area contributed by atoms with Crippen molar-refractivity contribution in [2.24, 2.45) is 5.73 Å². The second-order valence-electron chi connectivity index (χ2n) is 3.76. The lowest BCUT2D eigenvalue weighted by Crippen LogP contribution is -2.04. The van der Waals surface area contributed by atoms with Crippen LogP contribution in [0.2, 0.25) is 0 Å². The highest BCUT2D eigenvalue weighted by Crippen LogP contribution is 2.06. The first kappa shape index (κ1) is 11.6. The average Bonchev–Trinajstić information content (AvgIpc) is 2.17. The second-order valence-corrected chi connectivity index (χ2v) is 3.76. The Bertz CT molecular complexity index is 320. The van der Waals surface area contributed by atoms with Crippen molar-refractivity contribution in [2.75, 3.05) is 11.9 Å². The molecule has 0 radical (unpaired) electrons. The fraction of sp³-hybridized carbons (Fsp3) is 0.417. The molecule has 3 N–H and O–H groups in total. The molecule has 0 aliphatic heterocycles. The molecule has 0 spiro atoms. The monoisotopic (exact) mass is 205 g/mol. The summed E-state index contributed by atoms with van der Waals surface area (Å²) in [5.41, 5.74) is 7.47. The Hall–Kier alpha value is -1.51. The van der Waals surface area contributed by atoms with Crippen LogP contribution in [0.25, 0.3) is 0 Å². The lowest BCUT2D eigenvalue weighted by Gasteiger charge is -2.05. The summed E-state index contributed by atoms with van der Waals surface area (Å²) in [4.78, 5) is 4.22. The molecular formula is C12H19N3. The highest BCUT2D eigenvalue weighted by atomic mass is 15.0. The van der Waals surface area contributed by atoms with Crippen molar-refractivity contribution in [3.8, 4) is 0 Å². The summed E-state index contributed by atoms with van der Waals surface area (Å²) in [7, 11) is 0. The Morgan fingerprint density at radius 2 is 2.33 bits per heavy atom. The van der Waals surface area contributed by atoms with E-state index in [9.17, 15) is 0 Å². The van der Waals surface area contributed by atoms with Crippen molar-refractivity contribution in [2.45, 2.75) is 26.2 Å². The fourth-order valence-electron chi connectivity index (χ4n) is 1.33. The van der Waals surface area contributed by atoms with E-state index in [2.05, 4.69) is 23.8 Å². The summed E-state index contributed by atoms with van der Waals surface area (Å²) in [6.45, 7) is 6.66. The standard InChI is InChI=1S/C12H19N3/c1-10-6-8-15-12(9-10)14-7-4-3-5-11(2)13/h6,8-9H,2-5,7,13H2,1H3,(H,14,15). The molecule has 1 rings (SSSR count). The molecule has 0 fully saturated rings. The molecular weight excluding hydrogens is 186 g/mol. The number of pyridine rings is 1. The number of allylic oxidation sites excluding steroid dienone is 1. The lowest BCUT2D eigenvalue weighted by molar-refractivity contribution is 0.752. The Balaban J connectivity index is 2.17. The summed E-state index contributed by atoms with van der Waals surface area (Å²) in [6, 6.07) is 4.03. The molecule has 0 aliphatic rings. The van der Waals surface area contributed by atoms with Gasteiger partial charge in [0.15, 0.2) is 0 Å². The van der Waals surface area contributed by atoms with E-state index in [0.717, 1.165) is 37.3 Å². The van der Waals surface area contributed by atoms with Crippen LogP contribution < -0.4 is 11.1 Å². The Labute approximate surface area is 91.4 Å². The summed E-state index contributed by atoms with van der Waals surface area (Å²) in [5.74, 6) is 0.946. The minimum Gasteiger partial charge on any atom is -0.403 e. The first-order chi connectivity index (χ1) is 7.18. The number of aromatic nitrogens is 1. The van der Waals surface area contributed by atoms with Gasteiger partial charge in [0, 0.05) is 18.4 Å². The molecule has 3 nitrogen and oxygen atoms in total. The smallest absolute Gasteiger partial charge is 0.126 e. The van der Waals surface area contributed by atoms with Crippen molar-refractivity contribution >= 4 is 5.82 Å². The van der Waals surface area contributed by atoms with Gasteiger partial charge in [0.1, 0.15) is 5.82 Å². The van der Waals surface area contributed by atoms with Gasteiger partial charge in [-0.15, -0.1) is 0 Å². The predicted molar refractivity (Wildman–Crippen MR) is 64.6 cm³/mol. The van der Waals surface area contributed by atoms with Gasteiger partial charge in [-0.2, -0.15) is 0 Å². The Kier molecular flexibility index (Phi) is 4.68. The number of nitrogens with zero attached hydrogens (tertiary/aromatic N) is 1. The number of nitrogens with one attached hydrogen (secondary N) is 1. The molecule has 1 aromatic rings. The van der Waals surface area contributed by atoms with E-state index in [-0.39, 0.29) is 0 Å². The van der Waals surface area contributed by atoms with Crippen molar-refractivity contribution in [1.82, 2.24) is 4.98 Å². The third-order valence-corrected chi connectivity index (χ3v) is 2.15. The molecule has 0 aromatic carbocycles. The van der Waals surface area contributed by atoms with E-state index in [1.54, 1.807) is 0 Å². The Morgan fingerprint density at radius 1 is 1.53 bits per heavy atom. The van der Waals surface area contributed by atoms with Crippen LogP contribution in [0.1, 0.15) is 24.8 Å².